The van der Waals surface area contributed by atoms with Crippen LogP contribution in [0.25, 0.3) is 0 Å². The molecule has 6 nitrogen and oxygen atoms in total. The largest absolute Gasteiger partial charge is 0.483 e. The average molecular weight is 293 g/mol. The van der Waals surface area contributed by atoms with Crippen LogP contribution < -0.4 is 5.73 Å². The Morgan fingerprint density at radius 3 is 2.62 bits per heavy atom. The van der Waals surface area contributed by atoms with E-state index in [1.807, 2.05) is 13.2 Å². The maximum atomic E-state index is 8.36. The minimum Gasteiger partial charge on any atom is -0.483 e. The van der Waals surface area contributed by atoms with Gasteiger partial charge in [0.25, 0.3) is 6.47 Å². The molecule has 2 saturated heterocycles. The SMILES string of the molecule is COC1C[C@H]2CC[C@@H](C1)N2Cc1cccnc1N.O=CO. The second kappa shape index (κ2) is 7.38. The molecule has 116 valence electrons. The van der Waals surface area contributed by atoms with E-state index in [0.717, 1.165) is 24.9 Å². The summed E-state index contributed by atoms with van der Waals surface area (Å²) >= 11 is 0. The number of carboxylic acid groups (broad SMARTS) is 1. The fraction of sp³-hybridized carbons (Fsp3) is 0.600. The normalized spacial score (nSPS) is 27.8. The number of nitrogens with two attached hydrogens (primary N) is 1. The van der Waals surface area contributed by atoms with Crippen molar-refractivity contribution in [2.45, 2.75) is 50.4 Å². The lowest BCUT2D eigenvalue weighted by Crippen LogP contribution is -2.44. The van der Waals surface area contributed by atoms with E-state index in [4.69, 9.17) is 20.4 Å². The number of fused-ring (bicyclic) bond motifs is 2. The molecule has 2 aliphatic rings. The molecule has 0 aliphatic carbocycles. The first kappa shape index (κ1) is 15.7. The van der Waals surface area contributed by atoms with Gasteiger partial charge < -0.3 is 15.6 Å². The van der Waals surface area contributed by atoms with Crippen molar-refractivity contribution in [1.82, 2.24) is 9.88 Å². The smallest absolute Gasteiger partial charge is 0.290 e. The summed E-state index contributed by atoms with van der Waals surface area (Å²) in [5, 5.41) is 6.89. The van der Waals surface area contributed by atoms with Crippen molar-refractivity contribution in [1.29, 1.82) is 0 Å². The van der Waals surface area contributed by atoms with Gasteiger partial charge in [-0.2, -0.15) is 0 Å². The molecule has 0 spiro atoms. The molecule has 2 bridgehead atoms. The van der Waals surface area contributed by atoms with Gasteiger partial charge >= 0.3 is 0 Å². The number of carbonyl (C=O) groups is 1. The Morgan fingerprint density at radius 1 is 1.48 bits per heavy atom. The Balaban J connectivity index is 0.000000497. The molecule has 3 heterocycles. The third-order valence-corrected chi connectivity index (χ3v) is 4.45. The number of nitrogens with zero attached hydrogens (tertiary/aromatic N) is 2. The second-order valence-corrected chi connectivity index (χ2v) is 5.54. The van der Waals surface area contributed by atoms with Gasteiger partial charge in [0, 0.05) is 37.5 Å². The zero-order valence-corrected chi connectivity index (χ0v) is 12.3. The summed E-state index contributed by atoms with van der Waals surface area (Å²) in [7, 11) is 1.83. The van der Waals surface area contributed by atoms with Crippen molar-refractivity contribution < 1.29 is 14.6 Å². The van der Waals surface area contributed by atoms with Crippen LogP contribution in [-0.4, -0.2) is 46.8 Å². The zero-order chi connectivity index (χ0) is 15.2. The van der Waals surface area contributed by atoms with Gasteiger partial charge in [0.2, 0.25) is 0 Å². The van der Waals surface area contributed by atoms with Crippen LogP contribution in [0.1, 0.15) is 31.2 Å². The minimum absolute atomic E-state index is 0.250. The van der Waals surface area contributed by atoms with Crippen molar-refractivity contribution >= 4 is 12.3 Å². The van der Waals surface area contributed by atoms with Crippen LogP contribution in [0.2, 0.25) is 0 Å². The summed E-state index contributed by atoms with van der Waals surface area (Å²) in [4.78, 5) is 15.1. The summed E-state index contributed by atoms with van der Waals surface area (Å²) in [6, 6.07) is 5.38. The number of ether oxygens (including phenoxy) is 1. The highest BCUT2D eigenvalue weighted by Gasteiger charge is 2.40. The molecule has 21 heavy (non-hydrogen) atoms. The summed E-state index contributed by atoms with van der Waals surface area (Å²) < 4.78 is 5.53. The van der Waals surface area contributed by atoms with E-state index in [1.165, 1.54) is 12.8 Å². The van der Waals surface area contributed by atoms with Crippen LogP contribution in [0.3, 0.4) is 0 Å². The zero-order valence-electron chi connectivity index (χ0n) is 12.3. The summed E-state index contributed by atoms with van der Waals surface area (Å²) in [5.74, 6) is 0.672. The number of rotatable bonds is 3. The van der Waals surface area contributed by atoms with E-state index < -0.39 is 0 Å². The third kappa shape index (κ3) is 3.71. The first-order valence-corrected chi connectivity index (χ1v) is 7.25. The predicted molar refractivity (Wildman–Crippen MR) is 79.7 cm³/mol. The number of anilines is 1. The lowest BCUT2D eigenvalue weighted by molar-refractivity contribution is -0.122. The molecular weight excluding hydrogens is 270 g/mol. The number of nitrogen functional groups attached to an aromatic ring is 1. The Kier molecular flexibility index (Phi) is 5.52. The molecule has 1 aromatic rings. The van der Waals surface area contributed by atoms with Crippen molar-refractivity contribution in [2.75, 3.05) is 12.8 Å². The molecule has 0 aromatic carbocycles. The average Bonchev–Trinajstić information content (AvgIpc) is 2.72. The third-order valence-electron chi connectivity index (χ3n) is 4.45. The van der Waals surface area contributed by atoms with Gasteiger partial charge in [-0.15, -0.1) is 0 Å². The van der Waals surface area contributed by atoms with Crippen molar-refractivity contribution in [3.05, 3.63) is 23.9 Å². The molecule has 1 aromatic heterocycles. The highest BCUT2D eigenvalue weighted by atomic mass is 16.5. The van der Waals surface area contributed by atoms with Gasteiger partial charge in [-0.1, -0.05) is 6.07 Å². The van der Waals surface area contributed by atoms with E-state index >= 15 is 0 Å². The second-order valence-electron chi connectivity index (χ2n) is 5.54. The van der Waals surface area contributed by atoms with Crippen LogP contribution in [0.15, 0.2) is 18.3 Å². The van der Waals surface area contributed by atoms with Gasteiger partial charge in [0.1, 0.15) is 5.82 Å². The van der Waals surface area contributed by atoms with Gasteiger partial charge in [-0.3, -0.25) is 9.69 Å². The molecule has 2 aliphatic heterocycles. The van der Waals surface area contributed by atoms with E-state index in [1.54, 1.807) is 6.20 Å². The number of methoxy groups -OCH3 is 1. The summed E-state index contributed by atoms with van der Waals surface area (Å²) in [6.45, 7) is 0.686. The Hall–Kier alpha value is -1.66. The van der Waals surface area contributed by atoms with Crippen LogP contribution >= 0.6 is 0 Å². The van der Waals surface area contributed by atoms with E-state index in [-0.39, 0.29) is 6.47 Å². The van der Waals surface area contributed by atoms with Crippen molar-refractivity contribution in [2.24, 2.45) is 0 Å². The Morgan fingerprint density at radius 2 is 2.10 bits per heavy atom. The molecule has 0 saturated carbocycles. The maximum absolute atomic E-state index is 8.36. The number of pyridine rings is 1. The molecule has 3 atom stereocenters. The Labute approximate surface area is 124 Å². The molecule has 6 heteroatoms. The van der Waals surface area contributed by atoms with Gasteiger partial charge in [-0.25, -0.2) is 4.98 Å². The Bertz CT molecular complexity index is 455. The molecule has 3 N–H and O–H groups in total. The first-order valence-electron chi connectivity index (χ1n) is 7.25. The minimum atomic E-state index is -0.250. The number of hydrogen-bond acceptors (Lipinski definition) is 5. The number of piperidine rings is 1. The molecular formula is C15H23N3O3. The van der Waals surface area contributed by atoms with Crippen LogP contribution in [0.5, 0.6) is 0 Å². The highest BCUT2D eigenvalue weighted by molar-refractivity contribution is 5.38. The van der Waals surface area contributed by atoms with E-state index in [0.29, 0.717) is 24.0 Å². The summed E-state index contributed by atoms with van der Waals surface area (Å²) in [6.07, 6.45) is 7.12. The lowest BCUT2D eigenvalue weighted by Gasteiger charge is -2.38. The fourth-order valence-corrected chi connectivity index (χ4v) is 3.46. The fourth-order valence-electron chi connectivity index (χ4n) is 3.46. The first-order chi connectivity index (χ1) is 10.2. The number of hydrogen-bond donors (Lipinski definition) is 2. The monoisotopic (exact) mass is 293 g/mol. The van der Waals surface area contributed by atoms with Gasteiger partial charge in [0.15, 0.2) is 0 Å². The van der Waals surface area contributed by atoms with E-state index in [2.05, 4.69) is 16.0 Å². The molecule has 3 rings (SSSR count). The van der Waals surface area contributed by atoms with Crippen molar-refractivity contribution in [3.63, 3.8) is 0 Å². The van der Waals surface area contributed by atoms with Gasteiger partial charge in [-0.05, 0) is 31.7 Å². The predicted octanol–water partition coefficient (Wildman–Crippen LogP) is 1.51. The van der Waals surface area contributed by atoms with Crippen LogP contribution in [0, 0.1) is 0 Å². The van der Waals surface area contributed by atoms with E-state index in [9.17, 15) is 0 Å². The van der Waals surface area contributed by atoms with Crippen LogP contribution in [-0.2, 0) is 16.1 Å². The molecule has 0 amide bonds. The standard InChI is InChI=1S/C14H21N3O.CH2O2/c1-18-13-7-11-4-5-12(8-13)17(11)9-10-3-2-6-16-14(10)15;2-1-3/h2-3,6,11-13H,4-5,7-9H2,1H3,(H2,15,16);1H,(H,2,3)/t11-,12+,13?;. The molecule has 0 radical (unpaired) electrons. The quantitative estimate of drug-likeness (QED) is 0.821. The topological polar surface area (TPSA) is 88.7 Å². The van der Waals surface area contributed by atoms with Crippen LogP contribution in [0.4, 0.5) is 5.82 Å². The van der Waals surface area contributed by atoms with Gasteiger partial charge in [0.05, 0.1) is 6.10 Å². The molecule has 2 fully saturated rings. The summed E-state index contributed by atoms with van der Waals surface area (Å²) in [5.41, 5.74) is 7.10. The number of aromatic nitrogens is 1. The maximum Gasteiger partial charge on any atom is 0.290 e. The highest BCUT2D eigenvalue weighted by Crippen LogP contribution is 2.37. The lowest BCUT2D eigenvalue weighted by atomic mass is 9.99. The van der Waals surface area contributed by atoms with Crippen molar-refractivity contribution in [3.8, 4) is 0 Å². The molecule has 1 unspecified atom stereocenters.